The Balaban J connectivity index is 1.49. The van der Waals surface area contributed by atoms with Gasteiger partial charge in [0, 0.05) is 19.0 Å². The van der Waals surface area contributed by atoms with Gasteiger partial charge in [0.05, 0.1) is 18.4 Å². The first-order valence-electron chi connectivity index (χ1n) is 10.9. The van der Waals surface area contributed by atoms with Crippen LogP contribution in [0.25, 0.3) is 0 Å². The largest absolute Gasteiger partial charge is 0.466 e. The highest BCUT2D eigenvalue weighted by atomic mass is 16.6. The maximum absolute atomic E-state index is 12.7. The lowest BCUT2D eigenvalue weighted by molar-refractivity contribution is -0.150. The fourth-order valence-electron chi connectivity index (χ4n) is 5.79. The molecule has 5 atom stereocenters. The monoisotopic (exact) mass is 387 g/mol. The Hall–Kier alpha value is -1.62. The van der Waals surface area contributed by atoms with Gasteiger partial charge in [-0.3, -0.25) is 9.59 Å². The van der Waals surface area contributed by atoms with Crippen molar-refractivity contribution in [2.75, 3.05) is 26.2 Å². The van der Waals surface area contributed by atoms with E-state index in [4.69, 9.17) is 9.47 Å². The van der Waals surface area contributed by atoms with Crippen molar-refractivity contribution in [2.24, 2.45) is 23.2 Å². The molecule has 0 saturated carbocycles. The standard InChI is InChI=1S/C23H33NO4/c1-4-27-21(25)16-8-6-10-24(13-16)14-18-17-11-19-15(2)7-5-9-23(19,3)12-20(17)28-22(18)26/h7,11,16-18,20H,4-6,8-10,12-14H2,1-3H3/t16-,17-,18+,20-,23-/m1/s1. The summed E-state index contributed by atoms with van der Waals surface area (Å²) in [4.78, 5) is 27.2. The van der Waals surface area contributed by atoms with E-state index in [0.717, 1.165) is 38.6 Å². The van der Waals surface area contributed by atoms with Crippen LogP contribution in [0.15, 0.2) is 23.3 Å². The van der Waals surface area contributed by atoms with E-state index in [9.17, 15) is 9.59 Å². The van der Waals surface area contributed by atoms with Crippen LogP contribution in [0.5, 0.6) is 0 Å². The number of carbonyl (C=O) groups is 2. The van der Waals surface area contributed by atoms with E-state index in [1.165, 1.54) is 11.1 Å². The second-order valence-electron chi connectivity index (χ2n) is 9.28. The van der Waals surface area contributed by atoms with Crippen LogP contribution in [-0.2, 0) is 19.1 Å². The van der Waals surface area contributed by atoms with Crippen molar-refractivity contribution in [3.05, 3.63) is 23.3 Å². The average molecular weight is 388 g/mol. The molecule has 2 saturated heterocycles. The summed E-state index contributed by atoms with van der Waals surface area (Å²) in [6.45, 7) is 9.09. The number of allylic oxidation sites excluding steroid dienone is 3. The maximum atomic E-state index is 12.7. The lowest BCUT2D eigenvalue weighted by Gasteiger charge is -2.43. The number of hydrogen-bond donors (Lipinski definition) is 0. The summed E-state index contributed by atoms with van der Waals surface area (Å²) in [5, 5.41) is 0. The van der Waals surface area contributed by atoms with Gasteiger partial charge in [-0.2, -0.15) is 0 Å². The van der Waals surface area contributed by atoms with Crippen LogP contribution in [0.2, 0.25) is 0 Å². The second kappa shape index (κ2) is 7.66. The van der Waals surface area contributed by atoms with E-state index in [1.807, 2.05) is 6.92 Å². The first-order valence-corrected chi connectivity index (χ1v) is 10.9. The lowest BCUT2D eigenvalue weighted by Crippen LogP contribution is -2.44. The minimum absolute atomic E-state index is 0.00259. The highest BCUT2D eigenvalue weighted by Crippen LogP contribution is 2.52. The number of carbonyl (C=O) groups excluding carboxylic acids is 2. The van der Waals surface area contributed by atoms with Crippen LogP contribution in [0.1, 0.15) is 52.9 Å². The molecule has 2 aliphatic carbocycles. The minimum Gasteiger partial charge on any atom is -0.466 e. The Morgan fingerprint density at radius 1 is 1.43 bits per heavy atom. The van der Waals surface area contributed by atoms with Crippen molar-refractivity contribution in [1.82, 2.24) is 4.90 Å². The van der Waals surface area contributed by atoms with E-state index in [1.54, 1.807) is 0 Å². The SMILES string of the molecule is CCOC(=O)[C@@H]1CCCN(C[C@@H]2C(=O)O[C@@H]3C[C@@]4(C)CCC=C(C)C4=C[C@H]23)C1. The third-order valence-corrected chi connectivity index (χ3v) is 7.28. The molecule has 2 aliphatic heterocycles. The lowest BCUT2D eigenvalue weighted by atomic mass is 9.62. The third kappa shape index (κ3) is 3.54. The van der Waals surface area contributed by atoms with E-state index in [0.29, 0.717) is 19.7 Å². The van der Waals surface area contributed by atoms with Crippen molar-refractivity contribution in [2.45, 2.75) is 59.0 Å². The van der Waals surface area contributed by atoms with Crippen molar-refractivity contribution in [3.8, 4) is 0 Å². The van der Waals surface area contributed by atoms with Crippen LogP contribution >= 0.6 is 0 Å². The Morgan fingerprint density at radius 3 is 3.04 bits per heavy atom. The molecule has 5 nitrogen and oxygen atoms in total. The fraction of sp³-hybridized carbons (Fsp3) is 0.739. The number of piperidine rings is 1. The molecule has 0 bridgehead atoms. The molecule has 0 radical (unpaired) electrons. The van der Waals surface area contributed by atoms with Crippen LogP contribution in [0, 0.1) is 23.2 Å². The van der Waals surface area contributed by atoms with Gasteiger partial charge in [0.15, 0.2) is 0 Å². The number of esters is 2. The quantitative estimate of drug-likeness (QED) is 0.691. The number of fused-ring (bicyclic) bond motifs is 2. The smallest absolute Gasteiger partial charge is 0.311 e. The zero-order valence-corrected chi connectivity index (χ0v) is 17.4. The molecule has 0 N–H and O–H groups in total. The van der Waals surface area contributed by atoms with Gasteiger partial charge >= 0.3 is 11.9 Å². The molecule has 0 aromatic rings. The molecule has 0 aromatic carbocycles. The molecule has 0 aromatic heterocycles. The predicted octanol–water partition coefficient (Wildman–Crippen LogP) is 3.50. The zero-order valence-electron chi connectivity index (χ0n) is 17.4. The summed E-state index contributed by atoms with van der Waals surface area (Å²) in [5.41, 5.74) is 2.92. The maximum Gasteiger partial charge on any atom is 0.311 e. The van der Waals surface area contributed by atoms with Crippen molar-refractivity contribution in [1.29, 1.82) is 0 Å². The van der Waals surface area contributed by atoms with Gasteiger partial charge in [-0.1, -0.05) is 24.6 Å². The van der Waals surface area contributed by atoms with E-state index < -0.39 is 0 Å². The van der Waals surface area contributed by atoms with Gasteiger partial charge in [0.2, 0.25) is 0 Å². The molecule has 5 heteroatoms. The van der Waals surface area contributed by atoms with Gasteiger partial charge in [-0.25, -0.2) is 0 Å². The molecule has 0 spiro atoms. The Bertz CT molecular complexity index is 711. The molecule has 28 heavy (non-hydrogen) atoms. The minimum atomic E-state index is -0.127. The van der Waals surface area contributed by atoms with Crippen molar-refractivity contribution < 1.29 is 19.1 Å². The molecule has 4 rings (SSSR count). The Kier molecular flexibility index (Phi) is 5.38. The molecular formula is C23H33NO4. The molecule has 2 fully saturated rings. The molecule has 0 unspecified atom stereocenters. The van der Waals surface area contributed by atoms with Gasteiger partial charge in [-0.05, 0) is 63.5 Å². The first kappa shape index (κ1) is 19.7. The van der Waals surface area contributed by atoms with Crippen LogP contribution in [0.3, 0.4) is 0 Å². The summed E-state index contributed by atoms with van der Waals surface area (Å²) < 4.78 is 11.1. The van der Waals surface area contributed by atoms with Crippen LogP contribution in [-0.4, -0.2) is 49.2 Å². The number of rotatable bonds is 4. The van der Waals surface area contributed by atoms with Gasteiger partial charge in [0.1, 0.15) is 6.10 Å². The van der Waals surface area contributed by atoms with Crippen molar-refractivity contribution >= 4 is 11.9 Å². The number of hydrogen-bond acceptors (Lipinski definition) is 5. The first-order chi connectivity index (χ1) is 13.4. The summed E-state index contributed by atoms with van der Waals surface area (Å²) >= 11 is 0. The van der Waals surface area contributed by atoms with Gasteiger partial charge < -0.3 is 14.4 Å². The molecule has 0 amide bonds. The zero-order chi connectivity index (χ0) is 19.9. The normalized spacial score (nSPS) is 38.0. The number of nitrogens with zero attached hydrogens (tertiary/aromatic N) is 1. The van der Waals surface area contributed by atoms with E-state index >= 15 is 0 Å². The molecule has 2 heterocycles. The second-order valence-corrected chi connectivity index (χ2v) is 9.28. The highest BCUT2D eigenvalue weighted by Gasteiger charge is 2.51. The summed E-state index contributed by atoms with van der Waals surface area (Å²) in [6, 6.07) is 0. The summed E-state index contributed by atoms with van der Waals surface area (Å²) in [7, 11) is 0. The molecule has 154 valence electrons. The summed E-state index contributed by atoms with van der Waals surface area (Å²) in [6.07, 6.45) is 9.71. The number of likely N-dealkylation sites (tertiary alicyclic amines) is 1. The van der Waals surface area contributed by atoms with Crippen molar-refractivity contribution in [3.63, 3.8) is 0 Å². The topological polar surface area (TPSA) is 55.8 Å². The van der Waals surface area contributed by atoms with Gasteiger partial charge in [0.25, 0.3) is 0 Å². The average Bonchev–Trinajstić information content (AvgIpc) is 2.94. The third-order valence-electron chi connectivity index (χ3n) is 7.28. The number of ether oxygens (including phenoxy) is 2. The summed E-state index contributed by atoms with van der Waals surface area (Å²) in [5.74, 6) is -0.206. The van der Waals surface area contributed by atoms with E-state index in [2.05, 4.69) is 30.9 Å². The highest BCUT2D eigenvalue weighted by molar-refractivity contribution is 5.76. The van der Waals surface area contributed by atoms with Crippen LogP contribution < -0.4 is 0 Å². The fourth-order valence-corrected chi connectivity index (χ4v) is 5.79. The molecule has 4 aliphatic rings. The molecular weight excluding hydrogens is 354 g/mol. The Morgan fingerprint density at radius 2 is 2.25 bits per heavy atom. The van der Waals surface area contributed by atoms with Gasteiger partial charge in [-0.15, -0.1) is 0 Å². The predicted molar refractivity (Wildman–Crippen MR) is 106 cm³/mol. The van der Waals surface area contributed by atoms with E-state index in [-0.39, 0.29) is 41.2 Å². The van der Waals surface area contributed by atoms with Crippen LogP contribution in [0.4, 0.5) is 0 Å². The Labute approximate surface area is 168 Å².